The Morgan fingerprint density at radius 2 is 1.59 bits per heavy atom. The Morgan fingerprint density at radius 3 is 2.23 bits per heavy atom. The van der Waals surface area contributed by atoms with Crippen LogP contribution in [0.3, 0.4) is 0 Å². The molecule has 10 heteroatoms. The molecule has 3 heterocycles. The standard InChI is InChI=1S/C29H26N8O2/c1-17(2)27(38)35-21-12-10-19(11-13-21)24-22(23-25(30)33-16-34-26(23)36(24)3)18-6-8-20(9-7-18)28(39)37(4)29-31-14-5-15-32-29/h5-16H,1H2,2-4H3,(H,35,38)(H2,30,33,34). The summed E-state index contributed by atoms with van der Waals surface area (Å²) in [5.41, 5.74) is 12.0. The van der Waals surface area contributed by atoms with Crippen LogP contribution < -0.4 is 16.0 Å². The lowest BCUT2D eigenvalue weighted by Crippen LogP contribution is -2.27. The molecule has 3 aromatic heterocycles. The van der Waals surface area contributed by atoms with Crippen molar-refractivity contribution in [1.29, 1.82) is 0 Å². The Labute approximate surface area is 224 Å². The molecular formula is C29H26N8O2. The monoisotopic (exact) mass is 518 g/mol. The first kappa shape index (κ1) is 25.3. The van der Waals surface area contributed by atoms with E-state index in [4.69, 9.17) is 5.73 Å². The molecule has 0 aliphatic carbocycles. The van der Waals surface area contributed by atoms with E-state index in [1.165, 1.54) is 11.2 Å². The van der Waals surface area contributed by atoms with Crippen LogP contribution in [0.1, 0.15) is 17.3 Å². The average molecular weight is 519 g/mol. The number of rotatable bonds is 6. The number of nitrogens with two attached hydrogens (primary N) is 1. The molecule has 0 unspecified atom stereocenters. The summed E-state index contributed by atoms with van der Waals surface area (Å²) in [7, 11) is 3.55. The van der Waals surface area contributed by atoms with Crippen LogP contribution in [0.25, 0.3) is 33.4 Å². The lowest BCUT2D eigenvalue weighted by atomic mass is 9.97. The average Bonchev–Trinajstić information content (AvgIpc) is 3.26. The van der Waals surface area contributed by atoms with Crippen molar-refractivity contribution in [1.82, 2.24) is 24.5 Å². The van der Waals surface area contributed by atoms with Gasteiger partial charge in [-0.05, 0) is 48.4 Å². The highest BCUT2D eigenvalue weighted by Crippen LogP contribution is 2.41. The molecule has 0 spiro atoms. The van der Waals surface area contributed by atoms with Gasteiger partial charge in [0.05, 0.1) is 11.1 Å². The Morgan fingerprint density at radius 1 is 0.949 bits per heavy atom. The maximum Gasteiger partial charge on any atom is 0.260 e. The van der Waals surface area contributed by atoms with E-state index in [1.807, 2.05) is 48.0 Å². The SMILES string of the molecule is C=C(C)C(=O)Nc1ccc(-c2c(-c3ccc(C(=O)N(C)c4ncccn4)cc3)c3c(N)ncnc3n2C)cc1. The number of aryl methyl sites for hydroxylation is 1. The number of nitrogen functional groups attached to an aromatic ring is 1. The zero-order valence-corrected chi connectivity index (χ0v) is 21.7. The van der Waals surface area contributed by atoms with Gasteiger partial charge in [0.15, 0.2) is 0 Å². The summed E-state index contributed by atoms with van der Waals surface area (Å²) in [6.07, 6.45) is 4.61. The number of amides is 2. The van der Waals surface area contributed by atoms with Crippen molar-refractivity contribution in [3.8, 4) is 22.4 Å². The second-order valence-electron chi connectivity index (χ2n) is 9.04. The van der Waals surface area contributed by atoms with E-state index < -0.39 is 0 Å². The Kier molecular flexibility index (Phi) is 6.59. The molecule has 2 aromatic carbocycles. The quantitative estimate of drug-likeness (QED) is 0.317. The van der Waals surface area contributed by atoms with Gasteiger partial charge in [-0.1, -0.05) is 30.8 Å². The minimum atomic E-state index is -0.241. The maximum atomic E-state index is 13.1. The molecule has 0 aliphatic heterocycles. The number of carbonyl (C=O) groups is 2. The second kappa shape index (κ2) is 10.2. The van der Waals surface area contributed by atoms with Crippen LogP contribution in [0, 0.1) is 0 Å². The van der Waals surface area contributed by atoms with Crippen molar-refractivity contribution in [2.75, 3.05) is 23.0 Å². The summed E-state index contributed by atoms with van der Waals surface area (Å²) in [4.78, 5) is 43.5. The second-order valence-corrected chi connectivity index (χ2v) is 9.04. The number of nitrogens with zero attached hydrogens (tertiary/aromatic N) is 6. The number of fused-ring (bicyclic) bond motifs is 1. The first-order valence-electron chi connectivity index (χ1n) is 12.1. The lowest BCUT2D eigenvalue weighted by Gasteiger charge is -2.15. The fraction of sp³-hybridized carbons (Fsp3) is 0.103. The molecule has 0 saturated carbocycles. The molecule has 0 bridgehead atoms. The topological polar surface area (TPSA) is 132 Å². The van der Waals surface area contributed by atoms with Crippen molar-refractivity contribution < 1.29 is 9.59 Å². The summed E-state index contributed by atoms with van der Waals surface area (Å²) in [5, 5.41) is 3.53. The molecule has 2 amide bonds. The number of benzene rings is 2. The fourth-order valence-corrected chi connectivity index (χ4v) is 4.37. The number of aromatic nitrogens is 5. The van der Waals surface area contributed by atoms with Crippen molar-refractivity contribution in [3.05, 3.63) is 91.0 Å². The van der Waals surface area contributed by atoms with Gasteiger partial charge in [-0.15, -0.1) is 0 Å². The highest BCUT2D eigenvalue weighted by Gasteiger charge is 2.23. The fourth-order valence-electron chi connectivity index (χ4n) is 4.37. The molecule has 0 atom stereocenters. The third kappa shape index (κ3) is 4.71. The van der Waals surface area contributed by atoms with Gasteiger partial charge in [0, 0.05) is 48.9 Å². The van der Waals surface area contributed by atoms with E-state index in [2.05, 4.69) is 31.8 Å². The van der Waals surface area contributed by atoms with E-state index in [9.17, 15) is 9.59 Å². The summed E-state index contributed by atoms with van der Waals surface area (Å²) in [6, 6.07) is 16.5. The van der Waals surface area contributed by atoms with Crippen LogP contribution in [0.15, 0.2) is 85.5 Å². The molecule has 0 saturated heterocycles. The zero-order chi connectivity index (χ0) is 27.7. The maximum absolute atomic E-state index is 13.1. The molecule has 0 aliphatic rings. The first-order chi connectivity index (χ1) is 18.8. The van der Waals surface area contributed by atoms with Crippen molar-refractivity contribution >= 4 is 40.3 Å². The van der Waals surface area contributed by atoms with Crippen LogP contribution >= 0.6 is 0 Å². The van der Waals surface area contributed by atoms with Crippen LogP contribution in [0.4, 0.5) is 17.5 Å². The Bertz CT molecular complexity index is 1710. The summed E-state index contributed by atoms with van der Waals surface area (Å²) in [5.74, 6) is 0.190. The zero-order valence-electron chi connectivity index (χ0n) is 21.7. The van der Waals surface area contributed by atoms with Crippen molar-refractivity contribution in [2.24, 2.45) is 7.05 Å². The van der Waals surface area contributed by atoms with E-state index >= 15 is 0 Å². The molecule has 5 rings (SSSR count). The van der Waals surface area contributed by atoms with Gasteiger partial charge in [0.1, 0.15) is 17.8 Å². The number of anilines is 3. The van der Waals surface area contributed by atoms with Gasteiger partial charge >= 0.3 is 0 Å². The lowest BCUT2D eigenvalue weighted by molar-refractivity contribution is -0.112. The van der Waals surface area contributed by atoms with Crippen molar-refractivity contribution in [3.63, 3.8) is 0 Å². The van der Waals surface area contributed by atoms with Crippen LogP contribution in [0.5, 0.6) is 0 Å². The highest BCUT2D eigenvalue weighted by molar-refractivity contribution is 6.09. The highest BCUT2D eigenvalue weighted by atomic mass is 16.2. The van der Waals surface area contributed by atoms with Crippen LogP contribution in [-0.2, 0) is 11.8 Å². The van der Waals surface area contributed by atoms with Gasteiger partial charge in [0.25, 0.3) is 11.8 Å². The molecule has 5 aromatic rings. The molecular weight excluding hydrogens is 492 g/mol. The predicted molar refractivity (Wildman–Crippen MR) is 152 cm³/mol. The van der Waals surface area contributed by atoms with Gasteiger partial charge in [-0.3, -0.25) is 14.5 Å². The Hall–Kier alpha value is -5.38. The number of nitrogens with one attached hydrogen (secondary N) is 1. The minimum Gasteiger partial charge on any atom is -0.383 e. The number of carbonyl (C=O) groups excluding carboxylic acids is 2. The summed E-state index contributed by atoms with van der Waals surface area (Å²) < 4.78 is 1.96. The number of hydrogen-bond acceptors (Lipinski definition) is 7. The third-order valence-electron chi connectivity index (χ3n) is 6.38. The predicted octanol–water partition coefficient (Wildman–Crippen LogP) is 4.47. The molecule has 3 N–H and O–H groups in total. The first-order valence-corrected chi connectivity index (χ1v) is 12.1. The molecule has 39 heavy (non-hydrogen) atoms. The van der Waals surface area contributed by atoms with Crippen LogP contribution in [0.2, 0.25) is 0 Å². The van der Waals surface area contributed by atoms with Gasteiger partial charge in [-0.25, -0.2) is 19.9 Å². The van der Waals surface area contributed by atoms with Gasteiger partial charge < -0.3 is 15.6 Å². The minimum absolute atomic E-state index is 0.235. The van der Waals surface area contributed by atoms with Crippen LogP contribution in [-0.4, -0.2) is 43.4 Å². The Balaban J connectivity index is 1.57. The van der Waals surface area contributed by atoms with Gasteiger partial charge in [0.2, 0.25) is 5.95 Å². The summed E-state index contributed by atoms with van der Waals surface area (Å²) in [6.45, 7) is 5.33. The van der Waals surface area contributed by atoms with Crippen molar-refractivity contribution in [2.45, 2.75) is 6.92 Å². The van der Waals surface area contributed by atoms with E-state index in [1.54, 1.807) is 44.6 Å². The number of hydrogen-bond donors (Lipinski definition) is 2. The smallest absolute Gasteiger partial charge is 0.260 e. The van der Waals surface area contributed by atoms with E-state index in [-0.39, 0.29) is 11.8 Å². The largest absolute Gasteiger partial charge is 0.383 e. The molecule has 0 radical (unpaired) electrons. The molecule has 194 valence electrons. The normalized spacial score (nSPS) is 10.8. The molecule has 10 nitrogen and oxygen atoms in total. The molecule has 0 fully saturated rings. The third-order valence-corrected chi connectivity index (χ3v) is 6.38. The van der Waals surface area contributed by atoms with E-state index in [0.29, 0.717) is 39.6 Å². The summed E-state index contributed by atoms with van der Waals surface area (Å²) >= 11 is 0. The van der Waals surface area contributed by atoms with E-state index in [0.717, 1.165) is 22.4 Å². The van der Waals surface area contributed by atoms with Gasteiger partial charge in [-0.2, -0.15) is 0 Å².